The van der Waals surface area contributed by atoms with Crippen molar-refractivity contribution in [3.05, 3.63) is 54.4 Å². The van der Waals surface area contributed by atoms with Gasteiger partial charge in [0.2, 0.25) is 0 Å². The second-order valence-electron chi connectivity index (χ2n) is 5.47. The number of rotatable bonds is 5. The summed E-state index contributed by atoms with van der Waals surface area (Å²) in [5, 5.41) is 12.9. The van der Waals surface area contributed by atoms with Gasteiger partial charge in [-0.05, 0) is 24.3 Å². The number of benzene rings is 1. The average molecular weight is 314 g/mol. The fraction of sp³-hybridized carbons (Fsp3) is 0.294. The molecule has 1 aromatic carbocycles. The first-order chi connectivity index (χ1) is 11.2. The van der Waals surface area contributed by atoms with Gasteiger partial charge in [-0.2, -0.15) is 0 Å². The number of pyridine rings is 1. The summed E-state index contributed by atoms with van der Waals surface area (Å²) in [5.41, 5.74) is -0.830. The molecule has 3 rings (SSSR count). The lowest BCUT2D eigenvalue weighted by Crippen LogP contribution is -2.43. The van der Waals surface area contributed by atoms with Gasteiger partial charge in [-0.1, -0.05) is 18.2 Å². The van der Waals surface area contributed by atoms with E-state index in [0.29, 0.717) is 24.5 Å². The predicted octanol–water partition coefficient (Wildman–Crippen LogP) is 1.76. The maximum Gasteiger partial charge on any atom is 0.273 e. The number of ether oxygens (including phenoxy) is 2. The minimum absolute atomic E-state index is 0.118. The molecule has 6 nitrogen and oxygen atoms in total. The molecule has 0 saturated carbocycles. The summed E-state index contributed by atoms with van der Waals surface area (Å²) in [6.45, 7) is 0.842. The number of nitrogens with one attached hydrogen (secondary N) is 1. The summed E-state index contributed by atoms with van der Waals surface area (Å²) < 4.78 is 10.9. The van der Waals surface area contributed by atoms with Crippen LogP contribution in [0, 0.1) is 0 Å². The number of hydrogen-bond donors (Lipinski definition) is 2. The fourth-order valence-corrected chi connectivity index (χ4v) is 2.32. The number of carbonyl (C=O) groups excluding carboxylic acids is 1. The highest BCUT2D eigenvalue weighted by molar-refractivity contribution is 5.95. The van der Waals surface area contributed by atoms with Crippen LogP contribution in [0.15, 0.2) is 48.7 Å². The van der Waals surface area contributed by atoms with E-state index in [0.717, 1.165) is 0 Å². The minimum atomic E-state index is -1.01. The van der Waals surface area contributed by atoms with Gasteiger partial charge in [-0.25, -0.2) is 4.98 Å². The number of aliphatic hydroxyl groups is 1. The molecule has 1 fully saturated rings. The third-order valence-electron chi connectivity index (χ3n) is 3.62. The molecule has 1 aromatic heterocycles. The van der Waals surface area contributed by atoms with Gasteiger partial charge in [-0.3, -0.25) is 4.79 Å². The molecule has 1 aliphatic heterocycles. The predicted molar refractivity (Wildman–Crippen MR) is 83.5 cm³/mol. The molecular weight excluding hydrogens is 296 g/mol. The molecule has 23 heavy (non-hydrogen) atoms. The molecule has 0 aliphatic carbocycles. The lowest BCUT2D eigenvalue weighted by Gasteiger charge is -2.20. The molecule has 1 amide bonds. The first-order valence-electron chi connectivity index (χ1n) is 7.43. The average Bonchev–Trinajstić information content (AvgIpc) is 3.01. The van der Waals surface area contributed by atoms with E-state index in [2.05, 4.69) is 10.3 Å². The molecule has 1 saturated heterocycles. The van der Waals surface area contributed by atoms with Crippen LogP contribution < -0.4 is 10.1 Å². The summed E-state index contributed by atoms with van der Waals surface area (Å²) in [6.07, 6.45) is 2.03. The van der Waals surface area contributed by atoms with Gasteiger partial charge in [0.1, 0.15) is 11.4 Å². The Morgan fingerprint density at radius 2 is 2.13 bits per heavy atom. The highest BCUT2D eigenvalue weighted by Crippen LogP contribution is 2.24. The molecular formula is C17H18N2O4. The van der Waals surface area contributed by atoms with Crippen molar-refractivity contribution in [3.8, 4) is 11.5 Å². The lowest BCUT2D eigenvalue weighted by molar-refractivity contribution is 0.0263. The molecule has 2 aromatic rings. The van der Waals surface area contributed by atoms with Crippen LogP contribution in [-0.2, 0) is 4.74 Å². The molecule has 0 spiro atoms. The smallest absolute Gasteiger partial charge is 0.273 e. The van der Waals surface area contributed by atoms with Gasteiger partial charge in [0.15, 0.2) is 11.4 Å². The second-order valence-corrected chi connectivity index (χ2v) is 5.47. The Bertz CT molecular complexity index is 669. The summed E-state index contributed by atoms with van der Waals surface area (Å²) in [4.78, 5) is 16.4. The first-order valence-corrected chi connectivity index (χ1v) is 7.43. The van der Waals surface area contributed by atoms with Gasteiger partial charge in [0.05, 0.1) is 6.61 Å². The van der Waals surface area contributed by atoms with Crippen LogP contribution in [0.4, 0.5) is 0 Å². The Labute approximate surface area is 134 Å². The molecule has 0 radical (unpaired) electrons. The maximum atomic E-state index is 12.3. The summed E-state index contributed by atoms with van der Waals surface area (Å²) in [6, 6.07) is 12.6. The van der Waals surface area contributed by atoms with Crippen LogP contribution in [-0.4, -0.2) is 41.4 Å². The Hall–Kier alpha value is -2.44. The number of para-hydroxylation sites is 1. The zero-order valence-electron chi connectivity index (χ0n) is 12.6. The first kappa shape index (κ1) is 15.5. The van der Waals surface area contributed by atoms with Crippen molar-refractivity contribution < 1.29 is 19.4 Å². The summed E-state index contributed by atoms with van der Waals surface area (Å²) >= 11 is 0. The number of aromatic nitrogens is 1. The van der Waals surface area contributed by atoms with E-state index in [1.807, 2.05) is 18.2 Å². The van der Waals surface area contributed by atoms with E-state index in [1.54, 1.807) is 24.3 Å². The monoisotopic (exact) mass is 314 g/mol. The van der Waals surface area contributed by atoms with Crippen molar-refractivity contribution >= 4 is 5.91 Å². The number of nitrogens with zero attached hydrogens (tertiary/aromatic N) is 1. The summed E-state index contributed by atoms with van der Waals surface area (Å²) in [7, 11) is 0. The van der Waals surface area contributed by atoms with Crippen molar-refractivity contribution in [2.45, 2.75) is 12.0 Å². The van der Waals surface area contributed by atoms with E-state index in [4.69, 9.17) is 9.47 Å². The largest absolute Gasteiger partial charge is 0.455 e. The van der Waals surface area contributed by atoms with Crippen LogP contribution in [0.3, 0.4) is 0 Å². The van der Waals surface area contributed by atoms with Crippen molar-refractivity contribution in [3.63, 3.8) is 0 Å². The highest BCUT2D eigenvalue weighted by atomic mass is 16.5. The van der Waals surface area contributed by atoms with Gasteiger partial charge in [0, 0.05) is 25.8 Å². The lowest BCUT2D eigenvalue weighted by atomic mass is 10.0. The van der Waals surface area contributed by atoms with Crippen LogP contribution in [0.25, 0.3) is 0 Å². The normalized spacial score (nSPS) is 20.2. The zero-order chi connectivity index (χ0) is 16.1. The maximum absolute atomic E-state index is 12.3. The third kappa shape index (κ3) is 3.85. The van der Waals surface area contributed by atoms with Crippen molar-refractivity contribution in [1.29, 1.82) is 0 Å². The van der Waals surface area contributed by atoms with Gasteiger partial charge >= 0.3 is 0 Å². The van der Waals surface area contributed by atoms with E-state index in [9.17, 15) is 9.90 Å². The highest BCUT2D eigenvalue weighted by Gasteiger charge is 2.33. The molecule has 1 unspecified atom stereocenters. The number of hydrogen-bond acceptors (Lipinski definition) is 5. The molecule has 2 N–H and O–H groups in total. The van der Waals surface area contributed by atoms with Crippen LogP contribution >= 0.6 is 0 Å². The summed E-state index contributed by atoms with van der Waals surface area (Å²) in [5.74, 6) is 0.597. The Kier molecular flexibility index (Phi) is 4.55. The number of amides is 1. The number of carbonyl (C=O) groups is 1. The molecule has 6 heteroatoms. The molecule has 0 bridgehead atoms. The molecule has 120 valence electrons. The Morgan fingerprint density at radius 1 is 1.30 bits per heavy atom. The molecule has 1 atom stereocenters. The third-order valence-corrected chi connectivity index (χ3v) is 3.62. The van der Waals surface area contributed by atoms with Crippen molar-refractivity contribution in [2.24, 2.45) is 0 Å². The fourth-order valence-electron chi connectivity index (χ4n) is 2.32. The Balaban J connectivity index is 1.70. The van der Waals surface area contributed by atoms with E-state index < -0.39 is 11.5 Å². The second kappa shape index (κ2) is 6.76. The van der Waals surface area contributed by atoms with Crippen LogP contribution in [0.1, 0.15) is 16.9 Å². The van der Waals surface area contributed by atoms with Crippen LogP contribution in [0.5, 0.6) is 11.5 Å². The van der Waals surface area contributed by atoms with Gasteiger partial charge in [0.25, 0.3) is 5.91 Å². The Morgan fingerprint density at radius 3 is 2.87 bits per heavy atom. The quantitative estimate of drug-likeness (QED) is 0.879. The van der Waals surface area contributed by atoms with E-state index in [1.165, 1.54) is 6.20 Å². The van der Waals surface area contributed by atoms with E-state index in [-0.39, 0.29) is 18.8 Å². The molecule has 2 heterocycles. The van der Waals surface area contributed by atoms with Crippen molar-refractivity contribution in [1.82, 2.24) is 10.3 Å². The molecule has 1 aliphatic rings. The SMILES string of the molecule is O=C(NCC1(O)CCOC1)c1ncccc1Oc1ccccc1. The van der Waals surface area contributed by atoms with Gasteiger partial charge in [-0.15, -0.1) is 0 Å². The van der Waals surface area contributed by atoms with E-state index >= 15 is 0 Å². The van der Waals surface area contributed by atoms with Crippen LogP contribution in [0.2, 0.25) is 0 Å². The van der Waals surface area contributed by atoms with Crippen molar-refractivity contribution in [2.75, 3.05) is 19.8 Å². The minimum Gasteiger partial charge on any atom is -0.455 e. The zero-order valence-corrected chi connectivity index (χ0v) is 12.6. The van der Waals surface area contributed by atoms with Gasteiger partial charge < -0.3 is 19.9 Å². The topological polar surface area (TPSA) is 80.7 Å². The standard InChI is InChI=1S/C17H18N2O4/c20-16(19-11-17(21)8-10-22-12-17)15-14(7-4-9-18-15)23-13-5-2-1-3-6-13/h1-7,9,21H,8,10-12H2,(H,19,20).